The first kappa shape index (κ1) is 16.4. The van der Waals surface area contributed by atoms with Crippen LogP contribution in [0.25, 0.3) is 0 Å². The molecule has 1 fully saturated rings. The Kier molecular flexibility index (Phi) is 6.10. The molecule has 0 aromatic heterocycles. The van der Waals surface area contributed by atoms with Gasteiger partial charge in [-0.05, 0) is 53.4 Å². The third-order valence-corrected chi connectivity index (χ3v) is 4.68. The van der Waals surface area contributed by atoms with Gasteiger partial charge in [0.15, 0.2) is 0 Å². The Bertz CT molecular complexity index is 504. The van der Waals surface area contributed by atoms with Crippen LogP contribution < -0.4 is 10.1 Å². The molecule has 0 radical (unpaired) electrons. The van der Waals surface area contributed by atoms with Gasteiger partial charge in [-0.2, -0.15) is 0 Å². The van der Waals surface area contributed by atoms with Crippen LogP contribution in [0.5, 0.6) is 5.75 Å². The highest BCUT2D eigenvalue weighted by molar-refractivity contribution is 9.10. The zero-order chi connectivity index (χ0) is 15.2. The molecule has 114 valence electrons. The lowest BCUT2D eigenvalue weighted by molar-refractivity contribution is 0.211. The highest BCUT2D eigenvalue weighted by Gasteiger charge is 2.20. The van der Waals surface area contributed by atoms with Gasteiger partial charge in [0.2, 0.25) is 0 Å². The maximum Gasteiger partial charge on any atom is 0.133 e. The van der Waals surface area contributed by atoms with Gasteiger partial charge in [-0.15, -0.1) is 6.42 Å². The smallest absolute Gasteiger partial charge is 0.133 e. The van der Waals surface area contributed by atoms with Crippen molar-refractivity contribution in [1.29, 1.82) is 0 Å². The Balaban J connectivity index is 1.89. The minimum Gasteiger partial charge on any atom is -0.496 e. The summed E-state index contributed by atoms with van der Waals surface area (Å²) in [6.07, 6.45) is 7.68. The average molecular weight is 351 g/mol. The second-order valence-corrected chi connectivity index (χ2v) is 6.39. The van der Waals surface area contributed by atoms with E-state index >= 15 is 0 Å². The third kappa shape index (κ3) is 4.47. The normalized spacial score (nSPS) is 18.2. The minimum atomic E-state index is 0.330. The fourth-order valence-corrected chi connectivity index (χ4v) is 3.35. The number of likely N-dealkylation sites (tertiary alicyclic amines) is 1. The number of hydrogen-bond donors (Lipinski definition) is 1. The summed E-state index contributed by atoms with van der Waals surface area (Å²) in [6.45, 7) is 5.15. The number of methoxy groups -OCH3 is 1. The molecule has 4 heteroatoms. The Labute approximate surface area is 136 Å². The SMILES string of the molecule is C#CCN1CCC(NC(C)c2ccc(OC)c(Br)c2)CC1. The van der Waals surface area contributed by atoms with Crippen molar-refractivity contribution in [3.05, 3.63) is 28.2 Å². The molecule has 1 unspecified atom stereocenters. The first-order chi connectivity index (χ1) is 10.1. The maximum atomic E-state index is 5.37. The summed E-state index contributed by atoms with van der Waals surface area (Å²) in [5.74, 6) is 3.59. The van der Waals surface area contributed by atoms with Crippen LogP contribution in [0.3, 0.4) is 0 Å². The van der Waals surface area contributed by atoms with Crippen molar-refractivity contribution in [2.75, 3.05) is 26.7 Å². The van der Waals surface area contributed by atoms with E-state index in [4.69, 9.17) is 11.2 Å². The molecule has 0 spiro atoms. The molecule has 0 amide bonds. The van der Waals surface area contributed by atoms with E-state index in [0.29, 0.717) is 12.1 Å². The van der Waals surface area contributed by atoms with Crippen molar-refractivity contribution in [2.45, 2.75) is 31.8 Å². The number of piperidine rings is 1. The van der Waals surface area contributed by atoms with Crippen molar-refractivity contribution in [2.24, 2.45) is 0 Å². The fourth-order valence-electron chi connectivity index (χ4n) is 2.79. The first-order valence-electron chi connectivity index (χ1n) is 7.39. The topological polar surface area (TPSA) is 24.5 Å². The first-order valence-corrected chi connectivity index (χ1v) is 8.18. The summed E-state index contributed by atoms with van der Waals surface area (Å²) < 4.78 is 6.28. The van der Waals surface area contributed by atoms with Crippen LogP contribution in [-0.4, -0.2) is 37.7 Å². The summed E-state index contributed by atoms with van der Waals surface area (Å²) in [7, 11) is 1.69. The molecule has 1 aromatic carbocycles. The maximum absolute atomic E-state index is 5.37. The van der Waals surface area contributed by atoms with Crippen molar-refractivity contribution in [3.8, 4) is 18.1 Å². The Morgan fingerprint density at radius 3 is 2.76 bits per heavy atom. The van der Waals surface area contributed by atoms with E-state index in [1.54, 1.807) is 7.11 Å². The average Bonchev–Trinajstić information content (AvgIpc) is 2.49. The lowest BCUT2D eigenvalue weighted by Crippen LogP contribution is -2.43. The van der Waals surface area contributed by atoms with Gasteiger partial charge in [-0.25, -0.2) is 0 Å². The van der Waals surface area contributed by atoms with Gasteiger partial charge in [0.1, 0.15) is 5.75 Å². The molecule has 1 aliphatic rings. The lowest BCUT2D eigenvalue weighted by atomic mass is 10.0. The number of ether oxygens (including phenoxy) is 1. The largest absolute Gasteiger partial charge is 0.496 e. The molecule has 1 N–H and O–H groups in total. The van der Waals surface area contributed by atoms with Crippen LogP contribution in [-0.2, 0) is 0 Å². The van der Waals surface area contributed by atoms with Crippen LogP contribution in [0.1, 0.15) is 31.4 Å². The molecule has 1 atom stereocenters. The zero-order valence-corrected chi connectivity index (χ0v) is 14.3. The molecule has 21 heavy (non-hydrogen) atoms. The van der Waals surface area contributed by atoms with Gasteiger partial charge < -0.3 is 10.1 Å². The van der Waals surface area contributed by atoms with E-state index in [-0.39, 0.29) is 0 Å². The Morgan fingerprint density at radius 1 is 1.48 bits per heavy atom. The standard InChI is InChI=1S/C17H23BrN2O/c1-4-9-20-10-7-15(8-11-20)19-13(2)14-5-6-17(21-3)16(18)12-14/h1,5-6,12-13,15,19H,7-11H2,2-3H3. The second-order valence-electron chi connectivity index (χ2n) is 5.54. The molecule has 2 rings (SSSR count). The molecule has 0 aliphatic carbocycles. The van der Waals surface area contributed by atoms with Crippen LogP contribution >= 0.6 is 15.9 Å². The monoisotopic (exact) mass is 350 g/mol. The molecular weight excluding hydrogens is 328 g/mol. The second kappa shape index (κ2) is 7.84. The molecule has 1 saturated heterocycles. The van der Waals surface area contributed by atoms with Crippen LogP contribution in [0.15, 0.2) is 22.7 Å². The van der Waals surface area contributed by atoms with Crippen LogP contribution in [0.2, 0.25) is 0 Å². The quantitative estimate of drug-likeness (QED) is 0.825. The third-order valence-electron chi connectivity index (χ3n) is 4.06. The van der Waals surface area contributed by atoms with Crippen molar-refractivity contribution >= 4 is 15.9 Å². The molecular formula is C17H23BrN2O. The Morgan fingerprint density at radius 2 is 2.19 bits per heavy atom. The minimum absolute atomic E-state index is 0.330. The number of rotatable bonds is 5. The Hall–Kier alpha value is -1.02. The summed E-state index contributed by atoms with van der Waals surface area (Å²) >= 11 is 3.55. The molecule has 1 aliphatic heterocycles. The highest BCUT2D eigenvalue weighted by atomic mass is 79.9. The predicted octanol–water partition coefficient (Wildman–Crippen LogP) is 3.21. The van der Waals surface area contributed by atoms with Gasteiger partial charge in [-0.1, -0.05) is 12.0 Å². The summed E-state index contributed by atoms with van der Waals surface area (Å²) in [5.41, 5.74) is 1.27. The van der Waals surface area contributed by atoms with Gasteiger partial charge in [-0.3, -0.25) is 4.90 Å². The van der Waals surface area contributed by atoms with Gasteiger partial charge >= 0.3 is 0 Å². The van der Waals surface area contributed by atoms with Crippen molar-refractivity contribution in [1.82, 2.24) is 10.2 Å². The summed E-state index contributed by atoms with van der Waals surface area (Å²) in [5, 5.41) is 3.72. The summed E-state index contributed by atoms with van der Waals surface area (Å²) in [4.78, 5) is 2.34. The highest BCUT2D eigenvalue weighted by Crippen LogP contribution is 2.28. The number of halogens is 1. The van der Waals surface area contributed by atoms with E-state index in [1.165, 1.54) is 5.56 Å². The number of nitrogens with one attached hydrogen (secondary N) is 1. The molecule has 0 bridgehead atoms. The number of terminal acetylenes is 1. The fraction of sp³-hybridized carbons (Fsp3) is 0.529. The predicted molar refractivity (Wildman–Crippen MR) is 90.5 cm³/mol. The number of nitrogens with zero attached hydrogens (tertiary/aromatic N) is 1. The van der Waals surface area contributed by atoms with E-state index in [9.17, 15) is 0 Å². The van der Waals surface area contributed by atoms with E-state index < -0.39 is 0 Å². The van der Waals surface area contributed by atoms with Gasteiger partial charge in [0.05, 0.1) is 18.1 Å². The van der Waals surface area contributed by atoms with Gasteiger partial charge in [0.25, 0.3) is 0 Å². The van der Waals surface area contributed by atoms with Crippen molar-refractivity contribution in [3.63, 3.8) is 0 Å². The van der Waals surface area contributed by atoms with E-state index in [2.05, 4.69) is 51.1 Å². The number of benzene rings is 1. The van der Waals surface area contributed by atoms with Crippen LogP contribution in [0, 0.1) is 12.3 Å². The van der Waals surface area contributed by atoms with Crippen LogP contribution in [0.4, 0.5) is 0 Å². The molecule has 3 nitrogen and oxygen atoms in total. The zero-order valence-electron chi connectivity index (χ0n) is 12.7. The number of hydrogen-bond acceptors (Lipinski definition) is 3. The van der Waals surface area contributed by atoms with Gasteiger partial charge in [0, 0.05) is 25.2 Å². The summed E-state index contributed by atoms with van der Waals surface area (Å²) in [6, 6.07) is 7.15. The van der Waals surface area contributed by atoms with Crippen molar-refractivity contribution < 1.29 is 4.74 Å². The molecule has 0 saturated carbocycles. The molecule has 1 aromatic rings. The van der Waals surface area contributed by atoms with E-state index in [0.717, 1.165) is 42.7 Å². The molecule has 1 heterocycles. The van der Waals surface area contributed by atoms with E-state index in [1.807, 2.05) is 6.07 Å². The lowest BCUT2D eigenvalue weighted by Gasteiger charge is -2.33.